The SMILES string of the molecule is CC1(c2ccc(-c3ccccc3)cc2)NCCN(Cc2ccncc2)C1(C)C(=O)OC(O)(C(F)(F)F)C(F)(F)F. The third kappa shape index (κ3) is 5.06. The summed E-state index contributed by atoms with van der Waals surface area (Å²) >= 11 is 0. The largest absolute Gasteiger partial charge is 0.465 e. The number of carbonyl (C=O) groups is 1. The van der Waals surface area contributed by atoms with Gasteiger partial charge in [-0.2, -0.15) is 26.3 Å². The van der Waals surface area contributed by atoms with Gasteiger partial charge in [0.25, 0.3) is 0 Å². The molecule has 2 atom stereocenters. The van der Waals surface area contributed by atoms with Crippen LogP contribution in [-0.2, 0) is 21.6 Å². The number of carbonyl (C=O) groups excluding carboxylic acids is 1. The van der Waals surface area contributed by atoms with Crippen molar-refractivity contribution in [1.82, 2.24) is 15.2 Å². The molecular formula is C28H27F6N3O3. The van der Waals surface area contributed by atoms with Crippen molar-refractivity contribution in [3.8, 4) is 11.1 Å². The molecule has 1 aliphatic rings. The van der Waals surface area contributed by atoms with Crippen LogP contribution in [0.2, 0.25) is 0 Å². The number of nitrogens with zero attached hydrogens (tertiary/aromatic N) is 2. The molecule has 0 bridgehead atoms. The highest BCUT2D eigenvalue weighted by atomic mass is 19.4. The number of halogens is 6. The molecule has 0 amide bonds. The quantitative estimate of drug-likeness (QED) is 0.243. The maximum absolute atomic E-state index is 13.6. The summed E-state index contributed by atoms with van der Waals surface area (Å²) in [5.74, 6) is -7.61. The van der Waals surface area contributed by atoms with Gasteiger partial charge in [-0.05, 0) is 48.2 Å². The Morgan fingerprint density at radius 2 is 1.48 bits per heavy atom. The molecule has 0 aliphatic carbocycles. The van der Waals surface area contributed by atoms with Gasteiger partial charge in [-0.25, -0.2) is 4.79 Å². The Morgan fingerprint density at radius 1 is 0.925 bits per heavy atom. The van der Waals surface area contributed by atoms with Crippen molar-refractivity contribution in [3.63, 3.8) is 0 Å². The van der Waals surface area contributed by atoms with E-state index in [4.69, 9.17) is 0 Å². The Hall–Kier alpha value is -3.48. The molecule has 1 aliphatic heterocycles. The Labute approximate surface area is 226 Å². The second kappa shape index (κ2) is 10.5. The van der Waals surface area contributed by atoms with Gasteiger partial charge < -0.3 is 15.2 Å². The first-order valence-electron chi connectivity index (χ1n) is 12.3. The van der Waals surface area contributed by atoms with E-state index in [1.54, 1.807) is 36.4 Å². The van der Waals surface area contributed by atoms with Crippen LogP contribution in [-0.4, -0.2) is 57.7 Å². The molecule has 1 saturated heterocycles. The van der Waals surface area contributed by atoms with Crippen LogP contribution in [0.1, 0.15) is 25.0 Å². The van der Waals surface area contributed by atoms with E-state index in [9.17, 15) is 36.2 Å². The molecule has 12 heteroatoms. The van der Waals surface area contributed by atoms with Crippen LogP contribution in [0.4, 0.5) is 26.3 Å². The summed E-state index contributed by atoms with van der Waals surface area (Å²) in [6, 6.07) is 19.3. The van der Waals surface area contributed by atoms with Gasteiger partial charge in [0, 0.05) is 32.0 Å². The zero-order chi connectivity index (χ0) is 29.4. The van der Waals surface area contributed by atoms with Crippen LogP contribution in [0.25, 0.3) is 11.1 Å². The molecule has 1 aromatic heterocycles. The number of benzene rings is 2. The first-order valence-corrected chi connectivity index (χ1v) is 12.3. The molecule has 2 unspecified atom stereocenters. The van der Waals surface area contributed by atoms with E-state index in [2.05, 4.69) is 15.0 Å². The number of rotatable bonds is 6. The number of ether oxygens (including phenoxy) is 1. The fourth-order valence-corrected chi connectivity index (χ4v) is 4.95. The first kappa shape index (κ1) is 29.5. The standard InChI is InChI=1S/C28H27F6N3O3/c1-24(22-10-8-21(9-11-22)20-6-4-3-5-7-20)25(2,23(38)40-26(39,27(29,30)31)28(32,33)34)37(17-16-36-24)18-19-12-14-35-15-13-19/h3-15,36,39H,16-18H2,1-2H3. The molecular weight excluding hydrogens is 540 g/mol. The summed E-state index contributed by atoms with van der Waals surface area (Å²) in [5.41, 5.74) is -0.994. The molecule has 0 radical (unpaired) electrons. The number of alkyl halides is 6. The predicted octanol–water partition coefficient (Wildman–Crippen LogP) is 5.18. The minimum Gasteiger partial charge on any atom is -0.414 e. The van der Waals surface area contributed by atoms with E-state index in [-0.39, 0.29) is 19.6 Å². The molecule has 4 rings (SSSR count). The molecule has 2 aromatic carbocycles. The van der Waals surface area contributed by atoms with Crippen molar-refractivity contribution in [2.45, 2.75) is 49.6 Å². The third-order valence-corrected chi connectivity index (χ3v) is 7.56. The number of hydrogen-bond acceptors (Lipinski definition) is 6. The van der Waals surface area contributed by atoms with Gasteiger partial charge in [0.15, 0.2) is 0 Å². The smallest absolute Gasteiger partial charge is 0.414 e. The minimum atomic E-state index is -6.34. The average Bonchev–Trinajstić information content (AvgIpc) is 2.91. The molecule has 3 aromatic rings. The first-order chi connectivity index (χ1) is 18.6. The van der Waals surface area contributed by atoms with Crippen LogP contribution in [0.3, 0.4) is 0 Å². The van der Waals surface area contributed by atoms with Gasteiger partial charge >= 0.3 is 24.1 Å². The van der Waals surface area contributed by atoms with Crippen LogP contribution in [0.15, 0.2) is 79.1 Å². The average molecular weight is 568 g/mol. The van der Waals surface area contributed by atoms with E-state index in [0.717, 1.165) is 11.1 Å². The number of nitrogens with one attached hydrogen (secondary N) is 1. The van der Waals surface area contributed by atoms with Crippen LogP contribution in [0, 0.1) is 0 Å². The van der Waals surface area contributed by atoms with E-state index >= 15 is 0 Å². The highest BCUT2D eigenvalue weighted by Crippen LogP contribution is 2.47. The Balaban J connectivity index is 1.81. The molecule has 0 spiro atoms. The Morgan fingerprint density at radius 3 is 2.02 bits per heavy atom. The maximum Gasteiger partial charge on any atom is 0.465 e. The zero-order valence-electron chi connectivity index (χ0n) is 21.6. The van der Waals surface area contributed by atoms with Crippen molar-refractivity contribution in [2.24, 2.45) is 0 Å². The molecule has 40 heavy (non-hydrogen) atoms. The zero-order valence-corrected chi connectivity index (χ0v) is 21.6. The fraction of sp³-hybridized carbons (Fsp3) is 0.357. The number of esters is 1. The molecule has 2 heterocycles. The van der Waals surface area contributed by atoms with Crippen LogP contribution < -0.4 is 5.32 Å². The van der Waals surface area contributed by atoms with E-state index in [1.807, 2.05) is 30.3 Å². The highest BCUT2D eigenvalue weighted by molar-refractivity contribution is 5.84. The Kier molecular flexibility index (Phi) is 7.74. The van der Waals surface area contributed by atoms with Gasteiger partial charge in [0.1, 0.15) is 5.54 Å². The van der Waals surface area contributed by atoms with Gasteiger partial charge in [0.05, 0.1) is 5.54 Å². The van der Waals surface area contributed by atoms with Crippen LogP contribution >= 0.6 is 0 Å². The predicted molar refractivity (Wildman–Crippen MR) is 133 cm³/mol. The summed E-state index contributed by atoms with van der Waals surface area (Å²) in [6.07, 6.45) is -9.74. The number of hydrogen-bond donors (Lipinski definition) is 2. The lowest BCUT2D eigenvalue weighted by Gasteiger charge is -2.55. The van der Waals surface area contributed by atoms with Crippen molar-refractivity contribution in [2.75, 3.05) is 13.1 Å². The lowest BCUT2D eigenvalue weighted by molar-refractivity contribution is -0.446. The summed E-state index contributed by atoms with van der Waals surface area (Å²) < 4.78 is 85.3. The van der Waals surface area contributed by atoms with Gasteiger partial charge in [-0.3, -0.25) is 9.88 Å². The van der Waals surface area contributed by atoms with Crippen molar-refractivity contribution < 1.29 is 41.0 Å². The second-order valence-corrected chi connectivity index (χ2v) is 9.87. The number of aromatic nitrogens is 1. The molecule has 0 saturated carbocycles. The van der Waals surface area contributed by atoms with Crippen molar-refractivity contribution in [3.05, 3.63) is 90.3 Å². The summed E-state index contributed by atoms with van der Waals surface area (Å²) in [6.45, 7) is 3.01. The summed E-state index contributed by atoms with van der Waals surface area (Å²) in [4.78, 5) is 19.0. The number of aliphatic hydroxyl groups is 1. The van der Waals surface area contributed by atoms with E-state index < -0.39 is 35.2 Å². The lowest BCUT2D eigenvalue weighted by Crippen LogP contribution is -2.75. The topological polar surface area (TPSA) is 74.7 Å². The van der Waals surface area contributed by atoms with E-state index in [1.165, 1.54) is 31.1 Å². The number of piperazine rings is 1. The second-order valence-electron chi connectivity index (χ2n) is 9.87. The monoisotopic (exact) mass is 567 g/mol. The normalized spacial score (nSPS) is 22.6. The van der Waals surface area contributed by atoms with Crippen molar-refractivity contribution >= 4 is 5.97 Å². The number of pyridine rings is 1. The molecule has 2 N–H and O–H groups in total. The molecule has 6 nitrogen and oxygen atoms in total. The summed E-state index contributed by atoms with van der Waals surface area (Å²) in [7, 11) is 0. The maximum atomic E-state index is 13.6. The third-order valence-electron chi connectivity index (χ3n) is 7.56. The van der Waals surface area contributed by atoms with Gasteiger partial charge in [0.2, 0.25) is 0 Å². The summed E-state index contributed by atoms with van der Waals surface area (Å²) in [5, 5.41) is 12.9. The minimum absolute atomic E-state index is 0.0239. The van der Waals surface area contributed by atoms with E-state index in [0.29, 0.717) is 11.1 Å². The molecule has 1 fully saturated rings. The highest BCUT2D eigenvalue weighted by Gasteiger charge is 2.76. The van der Waals surface area contributed by atoms with Gasteiger partial charge in [-0.15, -0.1) is 0 Å². The van der Waals surface area contributed by atoms with Crippen molar-refractivity contribution in [1.29, 1.82) is 0 Å². The lowest BCUT2D eigenvalue weighted by atomic mass is 9.71. The van der Waals surface area contributed by atoms with Gasteiger partial charge in [-0.1, -0.05) is 54.6 Å². The fourth-order valence-electron chi connectivity index (χ4n) is 4.95. The Bertz CT molecular complexity index is 1310. The molecule has 214 valence electrons. The van der Waals surface area contributed by atoms with Crippen LogP contribution in [0.5, 0.6) is 0 Å².